The Morgan fingerprint density at radius 3 is 3.00 bits per heavy atom. The molecular formula is C14H12ClFN2O. The fourth-order valence-electron chi connectivity index (χ4n) is 2.45. The van der Waals surface area contributed by atoms with Gasteiger partial charge in [0, 0.05) is 22.6 Å². The van der Waals surface area contributed by atoms with E-state index in [0.29, 0.717) is 16.4 Å². The van der Waals surface area contributed by atoms with Crippen molar-refractivity contribution in [2.24, 2.45) is 0 Å². The lowest BCUT2D eigenvalue weighted by atomic mass is 10.1. The van der Waals surface area contributed by atoms with Gasteiger partial charge in [-0.05, 0) is 31.4 Å². The van der Waals surface area contributed by atoms with Gasteiger partial charge in [0.05, 0.1) is 5.69 Å². The van der Waals surface area contributed by atoms with E-state index < -0.39 is 0 Å². The molecule has 5 heteroatoms. The van der Waals surface area contributed by atoms with E-state index in [0.717, 1.165) is 30.5 Å². The number of fused-ring (bicyclic) bond motifs is 1. The quantitative estimate of drug-likeness (QED) is 0.918. The van der Waals surface area contributed by atoms with Gasteiger partial charge < -0.3 is 4.98 Å². The highest BCUT2D eigenvalue weighted by Gasteiger charge is 2.18. The largest absolute Gasteiger partial charge is 0.310 e. The molecule has 0 bridgehead atoms. The van der Waals surface area contributed by atoms with Crippen LogP contribution < -0.4 is 5.56 Å². The summed E-state index contributed by atoms with van der Waals surface area (Å²) < 4.78 is 13.7. The first-order valence-corrected chi connectivity index (χ1v) is 6.57. The van der Waals surface area contributed by atoms with Crippen LogP contribution in [0.5, 0.6) is 0 Å². The summed E-state index contributed by atoms with van der Waals surface area (Å²) in [6, 6.07) is 4.54. The van der Waals surface area contributed by atoms with E-state index in [4.69, 9.17) is 11.6 Å². The molecule has 0 saturated carbocycles. The Hall–Kier alpha value is -1.68. The van der Waals surface area contributed by atoms with E-state index in [1.54, 1.807) is 12.1 Å². The molecule has 0 fully saturated rings. The number of rotatable bonds is 2. The SMILES string of the molecule is O=c1[nH]c(Cc2c(F)cccc2Cl)nc2c1CCC2. The first-order chi connectivity index (χ1) is 9.15. The summed E-state index contributed by atoms with van der Waals surface area (Å²) >= 11 is 5.98. The van der Waals surface area contributed by atoms with Gasteiger partial charge in [-0.3, -0.25) is 4.79 Å². The Labute approximate surface area is 114 Å². The molecule has 1 aliphatic carbocycles. The summed E-state index contributed by atoms with van der Waals surface area (Å²) in [6.45, 7) is 0. The Morgan fingerprint density at radius 2 is 2.21 bits per heavy atom. The maximum Gasteiger partial charge on any atom is 0.254 e. The Balaban J connectivity index is 2.01. The number of aryl methyl sites for hydroxylation is 1. The number of nitrogens with zero attached hydrogens (tertiary/aromatic N) is 1. The van der Waals surface area contributed by atoms with Gasteiger partial charge in [-0.25, -0.2) is 9.37 Å². The minimum absolute atomic E-state index is 0.107. The van der Waals surface area contributed by atoms with Crippen LogP contribution in [0.3, 0.4) is 0 Å². The van der Waals surface area contributed by atoms with Crippen LogP contribution in [0.15, 0.2) is 23.0 Å². The van der Waals surface area contributed by atoms with Crippen LogP contribution in [0.25, 0.3) is 0 Å². The number of hydrogen-bond acceptors (Lipinski definition) is 2. The van der Waals surface area contributed by atoms with Crippen molar-refractivity contribution in [2.75, 3.05) is 0 Å². The first-order valence-electron chi connectivity index (χ1n) is 6.19. The second kappa shape index (κ2) is 4.78. The van der Waals surface area contributed by atoms with E-state index in [9.17, 15) is 9.18 Å². The monoisotopic (exact) mass is 278 g/mol. The predicted molar refractivity (Wildman–Crippen MR) is 71.1 cm³/mol. The van der Waals surface area contributed by atoms with Gasteiger partial charge in [-0.1, -0.05) is 17.7 Å². The second-order valence-electron chi connectivity index (χ2n) is 4.67. The number of nitrogens with one attached hydrogen (secondary N) is 1. The van der Waals surface area contributed by atoms with Crippen LogP contribution in [0, 0.1) is 5.82 Å². The molecule has 1 aromatic heterocycles. The lowest BCUT2D eigenvalue weighted by Gasteiger charge is -2.07. The van der Waals surface area contributed by atoms with Crippen LogP contribution in [-0.2, 0) is 19.3 Å². The van der Waals surface area contributed by atoms with Crippen molar-refractivity contribution in [1.82, 2.24) is 9.97 Å². The zero-order chi connectivity index (χ0) is 13.4. The minimum Gasteiger partial charge on any atom is -0.310 e. The molecular weight excluding hydrogens is 267 g/mol. The van der Waals surface area contributed by atoms with Crippen molar-refractivity contribution in [3.05, 3.63) is 62.0 Å². The lowest BCUT2D eigenvalue weighted by Crippen LogP contribution is -2.17. The van der Waals surface area contributed by atoms with Crippen molar-refractivity contribution >= 4 is 11.6 Å². The zero-order valence-corrected chi connectivity index (χ0v) is 10.9. The number of aromatic amines is 1. The molecule has 0 unspecified atom stereocenters. The highest BCUT2D eigenvalue weighted by Crippen LogP contribution is 2.22. The highest BCUT2D eigenvalue weighted by molar-refractivity contribution is 6.31. The molecule has 19 heavy (non-hydrogen) atoms. The summed E-state index contributed by atoms with van der Waals surface area (Å²) in [6.07, 6.45) is 2.75. The summed E-state index contributed by atoms with van der Waals surface area (Å²) in [5, 5.41) is 0.350. The van der Waals surface area contributed by atoms with Gasteiger partial charge >= 0.3 is 0 Å². The Bertz CT molecular complexity index is 676. The van der Waals surface area contributed by atoms with Gasteiger partial charge in [-0.15, -0.1) is 0 Å². The van der Waals surface area contributed by atoms with E-state index in [-0.39, 0.29) is 17.8 Å². The molecule has 1 aromatic carbocycles. The number of aromatic nitrogens is 2. The van der Waals surface area contributed by atoms with E-state index in [1.165, 1.54) is 6.07 Å². The summed E-state index contributed by atoms with van der Waals surface area (Å²) in [4.78, 5) is 19.0. The van der Waals surface area contributed by atoms with Crippen molar-refractivity contribution in [2.45, 2.75) is 25.7 Å². The van der Waals surface area contributed by atoms with Crippen LogP contribution >= 0.6 is 11.6 Å². The molecule has 0 radical (unpaired) electrons. The molecule has 3 nitrogen and oxygen atoms in total. The fourth-order valence-corrected chi connectivity index (χ4v) is 2.68. The average Bonchev–Trinajstić information content (AvgIpc) is 2.83. The molecule has 0 atom stereocenters. The van der Waals surface area contributed by atoms with E-state index >= 15 is 0 Å². The highest BCUT2D eigenvalue weighted by atomic mass is 35.5. The van der Waals surface area contributed by atoms with Gasteiger partial charge in [0.25, 0.3) is 5.56 Å². The molecule has 0 saturated heterocycles. The first kappa shape index (κ1) is 12.4. The normalized spacial score (nSPS) is 13.6. The third-order valence-corrected chi connectivity index (χ3v) is 3.75. The second-order valence-corrected chi connectivity index (χ2v) is 5.08. The van der Waals surface area contributed by atoms with Crippen LogP contribution in [-0.4, -0.2) is 9.97 Å². The minimum atomic E-state index is -0.379. The maximum atomic E-state index is 13.7. The Kier molecular flexibility index (Phi) is 3.11. The lowest BCUT2D eigenvalue weighted by molar-refractivity contribution is 0.612. The molecule has 3 rings (SSSR count). The Morgan fingerprint density at radius 1 is 1.37 bits per heavy atom. The smallest absolute Gasteiger partial charge is 0.254 e. The van der Waals surface area contributed by atoms with E-state index in [1.807, 2.05) is 0 Å². The predicted octanol–water partition coefficient (Wildman–Crippen LogP) is 2.64. The van der Waals surface area contributed by atoms with Crippen molar-refractivity contribution < 1.29 is 4.39 Å². The third kappa shape index (κ3) is 2.28. The summed E-state index contributed by atoms with van der Waals surface area (Å²) in [5.74, 6) is 0.0910. The molecule has 1 aliphatic rings. The summed E-state index contributed by atoms with van der Waals surface area (Å²) in [7, 11) is 0. The van der Waals surface area contributed by atoms with E-state index in [2.05, 4.69) is 9.97 Å². The number of halogens is 2. The summed E-state index contributed by atoms with van der Waals surface area (Å²) in [5.41, 5.74) is 1.87. The standard InChI is InChI=1S/C14H12ClFN2O/c15-10-4-2-5-11(16)9(10)7-13-17-12-6-1-3-8(12)14(19)18-13/h2,4-5H,1,3,6-7H2,(H,17,18,19). The van der Waals surface area contributed by atoms with Crippen LogP contribution in [0.1, 0.15) is 29.1 Å². The molecule has 1 N–H and O–H groups in total. The number of hydrogen-bond donors (Lipinski definition) is 1. The van der Waals surface area contributed by atoms with Crippen molar-refractivity contribution in [1.29, 1.82) is 0 Å². The third-order valence-electron chi connectivity index (χ3n) is 3.40. The fraction of sp³-hybridized carbons (Fsp3) is 0.286. The van der Waals surface area contributed by atoms with Crippen molar-refractivity contribution in [3.8, 4) is 0 Å². The number of benzene rings is 1. The van der Waals surface area contributed by atoms with Gasteiger partial charge in [0.1, 0.15) is 11.6 Å². The van der Waals surface area contributed by atoms with Gasteiger partial charge in [0.15, 0.2) is 0 Å². The van der Waals surface area contributed by atoms with Crippen molar-refractivity contribution in [3.63, 3.8) is 0 Å². The average molecular weight is 279 g/mol. The molecule has 0 spiro atoms. The van der Waals surface area contributed by atoms with Gasteiger partial charge in [0.2, 0.25) is 0 Å². The molecule has 98 valence electrons. The van der Waals surface area contributed by atoms with Crippen LogP contribution in [0.2, 0.25) is 5.02 Å². The maximum absolute atomic E-state index is 13.7. The zero-order valence-electron chi connectivity index (χ0n) is 10.2. The molecule has 0 amide bonds. The van der Waals surface area contributed by atoms with Crippen LogP contribution in [0.4, 0.5) is 4.39 Å². The molecule has 0 aliphatic heterocycles. The number of H-pyrrole nitrogens is 1. The molecule has 1 heterocycles. The topological polar surface area (TPSA) is 45.8 Å². The van der Waals surface area contributed by atoms with Gasteiger partial charge in [-0.2, -0.15) is 0 Å². The molecule has 2 aromatic rings.